The zero-order chi connectivity index (χ0) is 14.0. The van der Waals surface area contributed by atoms with Crippen molar-refractivity contribution in [3.05, 3.63) is 28.8 Å². The Morgan fingerprint density at radius 3 is 2.79 bits per heavy atom. The first-order valence-electron chi connectivity index (χ1n) is 6.54. The standard InChI is InChI=1S/C14H21ClN4/c1-18(2)11-4-3-7-19(9-11)13-6-5-10(14(16)17)8-12(13)15/h5-6,8,11H,3-4,7,9H2,1-2H3,(H3,16,17). The maximum absolute atomic E-state index is 7.43. The van der Waals surface area contributed by atoms with Gasteiger partial charge in [0, 0.05) is 24.7 Å². The van der Waals surface area contributed by atoms with Crippen LogP contribution in [0.3, 0.4) is 0 Å². The number of likely N-dealkylation sites (N-methyl/N-ethyl adjacent to an activating group) is 1. The van der Waals surface area contributed by atoms with Crippen molar-refractivity contribution < 1.29 is 0 Å². The molecule has 0 aromatic heterocycles. The fourth-order valence-electron chi connectivity index (χ4n) is 2.53. The van der Waals surface area contributed by atoms with Crippen LogP contribution in [0.25, 0.3) is 0 Å². The van der Waals surface area contributed by atoms with E-state index in [-0.39, 0.29) is 5.84 Å². The molecule has 1 atom stereocenters. The zero-order valence-electron chi connectivity index (χ0n) is 11.5. The van der Waals surface area contributed by atoms with Gasteiger partial charge in [-0.05, 0) is 45.1 Å². The van der Waals surface area contributed by atoms with Crippen LogP contribution < -0.4 is 10.6 Å². The van der Waals surface area contributed by atoms with Crippen LogP contribution in [0.4, 0.5) is 5.69 Å². The molecule has 1 heterocycles. The molecule has 4 nitrogen and oxygen atoms in total. The highest BCUT2D eigenvalue weighted by molar-refractivity contribution is 6.33. The van der Waals surface area contributed by atoms with Crippen molar-refractivity contribution in [3.63, 3.8) is 0 Å². The first kappa shape index (κ1) is 14.2. The Morgan fingerprint density at radius 2 is 2.21 bits per heavy atom. The van der Waals surface area contributed by atoms with E-state index in [9.17, 15) is 0 Å². The molecule has 104 valence electrons. The largest absolute Gasteiger partial charge is 0.384 e. The van der Waals surface area contributed by atoms with Crippen LogP contribution in [0.15, 0.2) is 18.2 Å². The summed E-state index contributed by atoms with van der Waals surface area (Å²) < 4.78 is 0. The van der Waals surface area contributed by atoms with Gasteiger partial charge in [-0.2, -0.15) is 0 Å². The van der Waals surface area contributed by atoms with Gasteiger partial charge in [0.1, 0.15) is 5.84 Å². The molecular weight excluding hydrogens is 260 g/mol. The van der Waals surface area contributed by atoms with Crippen LogP contribution in [0.1, 0.15) is 18.4 Å². The van der Waals surface area contributed by atoms with E-state index in [4.69, 9.17) is 22.7 Å². The van der Waals surface area contributed by atoms with Crippen molar-refractivity contribution >= 4 is 23.1 Å². The van der Waals surface area contributed by atoms with Gasteiger partial charge in [0.25, 0.3) is 0 Å². The minimum Gasteiger partial charge on any atom is -0.384 e. The lowest BCUT2D eigenvalue weighted by molar-refractivity contribution is 0.258. The first-order valence-corrected chi connectivity index (χ1v) is 6.92. The Kier molecular flexibility index (Phi) is 4.32. The number of hydrogen-bond acceptors (Lipinski definition) is 3. The quantitative estimate of drug-likeness (QED) is 0.659. The number of nitrogens with zero attached hydrogens (tertiary/aromatic N) is 2. The molecule has 0 bridgehead atoms. The summed E-state index contributed by atoms with van der Waals surface area (Å²) in [6.45, 7) is 2.02. The van der Waals surface area contributed by atoms with Crippen LogP contribution in [0, 0.1) is 5.41 Å². The predicted molar refractivity (Wildman–Crippen MR) is 81.4 cm³/mol. The normalized spacial score (nSPS) is 19.8. The fourth-order valence-corrected chi connectivity index (χ4v) is 2.83. The van der Waals surface area contributed by atoms with Gasteiger partial charge in [-0.15, -0.1) is 0 Å². The highest BCUT2D eigenvalue weighted by Crippen LogP contribution is 2.29. The molecule has 2 rings (SSSR count). The third-order valence-electron chi connectivity index (χ3n) is 3.73. The molecule has 1 aliphatic heterocycles. The van der Waals surface area contributed by atoms with Crippen LogP contribution in [-0.2, 0) is 0 Å². The summed E-state index contributed by atoms with van der Waals surface area (Å²) in [5, 5.41) is 8.11. The van der Waals surface area contributed by atoms with E-state index in [0.29, 0.717) is 16.6 Å². The second-order valence-corrected chi connectivity index (χ2v) is 5.69. The number of nitrogens with one attached hydrogen (secondary N) is 1. The van der Waals surface area contributed by atoms with Gasteiger partial charge in [0.15, 0.2) is 0 Å². The Morgan fingerprint density at radius 1 is 1.47 bits per heavy atom. The minimum atomic E-state index is 0.0539. The number of hydrogen-bond donors (Lipinski definition) is 2. The average molecular weight is 281 g/mol. The van der Waals surface area contributed by atoms with Gasteiger partial charge < -0.3 is 15.5 Å². The molecule has 5 heteroatoms. The van der Waals surface area contributed by atoms with Crippen molar-refractivity contribution in [3.8, 4) is 0 Å². The Balaban J connectivity index is 2.19. The summed E-state index contributed by atoms with van der Waals surface area (Å²) >= 11 is 6.33. The summed E-state index contributed by atoms with van der Waals surface area (Å²) in [6, 6.07) is 6.18. The highest BCUT2D eigenvalue weighted by Gasteiger charge is 2.22. The zero-order valence-corrected chi connectivity index (χ0v) is 12.2. The molecule has 1 aromatic carbocycles. The third kappa shape index (κ3) is 3.19. The van der Waals surface area contributed by atoms with Gasteiger partial charge >= 0.3 is 0 Å². The second-order valence-electron chi connectivity index (χ2n) is 5.29. The molecule has 0 aliphatic carbocycles. The number of rotatable bonds is 3. The van der Waals surface area contributed by atoms with Crippen molar-refractivity contribution in [2.24, 2.45) is 5.73 Å². The Bertz CT molecular complexity index is 473. The topological polar surface area (TPSA) is 56.4 Å². The molecule has 0 amide bonds. The number of halogens is 1. The molecule has 0 saturated carbocycles. The Hall–Kier alpha value is -1.26. The van der Waals surface area contributed by atoms with Crippen LogP contribution in [0.5, 0.6) is 0 Å². The molecule has 0 spiro atoms. The number of piperidine rings is 1. The summed E-state index contributed by atoms with van der Waals surface area (Å²) in [7, 11) is 4.24. The molecule has 3 N–H and O–H groups in total. The predicted octanol–water partition coefficient (Wildman–Crippen LogP) is 2.15. The van der Waals surface area contributed by atoms with Crippen LogP contribution in [-0.4, -0.2) is 44.0 Å². The van der Waals surface area contributed by atoms with Crippen molar-refractivity contribution in [2.75, 3.05) is 32.1 Å². The number of amidine groups is 1. The number of nitrogen functional groups attached to an aromatic ring is 1. The lowest BCUT2D eigenvalue weighted by Gasteiger charge is -2.37. The molecule has 1 aromatic rings. The molecule has 1 aliphatic rings. The minimum absolute atomic E-state index is 0.0539. The van der Waals surface area contributed by atoms with Crippen molar-refractivity contribution in [1.29, 1.82) is 5.41 Å². The first-order chi connectivity index (χ1) is 8.99. The highest BCUT2D eigenvalue weighted by atomic mass is 35.5. The monoisotopic (exact) mass is 280 g/mol. The maximum atomic E-state index is 7.43. The smallest absolute Gasteiger partial charge is 0.122 e. The summed E-state index contributed by atoms with van der Waals surface area (Å²) in [5.74, 6) is 0.0539. The Labute approximate surface area is 119 Å². The molecular formula is C14H21ClN4. The molecule has 0 radical (unpaired) electrons. The van der Waals surface area contributed by atoms with Crippen LogP contribution >= 0.6 is 11.6 Å². The SMILES string of the molecule is CN(C)C1CCCN(c2ccc(C(=N)N)cc2Cl)C1. The van der Waals surface area contributed by atoms with Gasteiger partial charge in [-0.25, -0.2) is 0 Å². The molecule has 1 unspecified atom stereocenters. The number of benzene rings is 1. The van der Waals surface area contributed by atoms with Gasteiger partial charge in [-0.1, -0.05) is 11.6 Å². The summed E-state index contributed by atoms with van der Waals surface area (Å²) in [5.41, 5.74) is 7.19. The van der Waals surface area contributed by atoms with E-state index in [1.807, 2.05) is 12.1 Å². The van der Waals surface area contributed by atoms with Crippen molar-refractivity contribution in [2.45, 2.75) is 18.9 Å². The molecule has 1 saturated heterocycles. The lowest BCUT2D eigenvalue weighted by atomic mass is 10.0. The third-order valence-corrected chi connectivity index (χ3v) is 4.03. The summed E-state index contributed by atoms with van der Waals surface area (Å²) in [4.78, 5) is 4.59. The van der Waals surface area contributed by atoms with E-state index in [1.165, 1.54) is 12.8 Å². The van der Waals surface area contributed by atoms with E-state index in [2.05, 4.69) is 23.9 Å². The summed E-state index contributed by atoms with van der Waals surface area (Å²) in [6.07, 6.45) is 2.40. The fraction of sp³-hybridized carbons (Fsp3) is 0.500. The van der Waals surface area contributed by atoms with E-state index >= 15 is 0 Å². The second kappa shape index (κ2) is 5.80. The average Bonchev–Trinajstić information content (AvgIpc) is 2.38. The lowest BCUT2D eigenvalue weighted by Crippen LogP contribution is -2.45. The maximum Gasteiger partial charge on any atom is 0.122 e. The van der Waals surface area contributed by atoms with Gasteiger partial charge in [0.05, 0.1) is 10.7 Å². The molecule has 19 heavy (non-hydrogen) atoms. The van der Waals surface area contributed by atoms with Gasteiger partial charge in [0.2, 0.25) is 0 Å². The van der Waals surface area contributed by atoms with E-state index in [0.717, 1.165) is 18.8 Å². The van der Waals surface area contributed by atoms with E-state index in [1.54, 1.807) is 6.07 Å². The number of anilines is 1. The van der Waals surface area contributed by atoms with Gasteiger partial charge in [-0.3, -0.25) is 5.41 Å². The number of nitrogens with two attached hydrogens (primary N) is 1. The van der Waals surface area contributed by atoms with E-state index < -0.39 is 0 Å². The molecule has 1 fully saturated rings. The van der Waals surface area contributed by atoms with Crippen molar-refractivity contribution in [1.82, 2.24) is 4.90 Å². The van der Waals surface area contributed by atoms with Crippen LogP contribution in [0.2, 0.25) is 5.02 Å².